The lowest BCUT2D eigenvalue weighted by molar-refractivity contribution is -0.274. The third kappa shape index (κ3) is 5.65. The van der Waals surface area contributed by atoms with Crippen LogP contribution in [0.25, 0.3) is 27.5 Å². The summed E-state index contributed by atoms with van der Waals surface area (Å²) in [6, 6.07) is 24.1. The minimum Gasteiger partial charge on any atom is -0.406 e. The van der Waals surface area contributed by atoms with Gasteiger partial charge in [-0.25, -0.2) is 4.98 Å². The molecule has 6 nitrogen and oxygen atoms in total. The molecule has 1 aliphatic heterocycles. The number of para-hydroxylation sites is 1. The number of ether oxygens (including phenoxy) is 1. The van der Waals surface area contributed by atoms with Crippen molar-refractivity contribution in [3.63, 3.8) is 0 Å². The zero-order valence-electron chi connectivity index (χ0n) is 22.3. The van der Waals surface area contributed by atoms with E-state index >= 15 is 0 Å². The summed E-state index contributed by atoms with van der Waals surface area (Å²) >= 11 is 1.70. The molecular formula is C31H26F3N5OS. The maximum Gasteiger partial charge on any atom is 0.573 e. The van der Waals surface area contributed by atoms with E-state index in [2.05, 4.69) is 62.9 Å². The molecule has 41 heavy (non-hydrogen) atoms. The molecule has 2 heterocycles. The van der Waals surface area contributed by atoms with Gasteiger partial charge >= 0.3 is 6.36 Å². The van der Waals surface area contributed by atoms with E-state index < -0.39 is 6.36 Å². The molecule has 0 radical (unpaired) electrons. The van der Waals surface area contributed by atoms with Gasteiger partial charge in [-0.1, -0.05) is 62.0 Å². The van der Waals surface area contributed by atoms with Gasteiger partial charge in [-0.05, 0) is 64.9 Å². The molecule has 0 spiro atoms. The Labute approximate surface area is 239 Å². The lowest BCUT2D eigenvalue weighted by Gasteiger charge is -2.22. The van der Waals surface area contributed by atoms with E-state index in [1.807, 2.05) is 34.9 Å². The first-order valence-corrected chi connectivity index (χ1v) is 14.1. The van der Waals surface area contributed by atoms with Crippen molar-refractivity contribution < 1.29 is 17.9 Å². The van der Waals surface area contributed by atoms with Gasteiger partial charge in [0.25, 0.3) is 0 Å². The summed E-state index contributed by atoms with van der Waals surface area (Å²) in [5.74, 6) is 1.11. The van der Waals surface area contributed by atoms with Gasteiger partial charge < -0.3 is 9.64 Å². The molecule has 0 unspecified atom stereocenters. The Morgan fingerprint density at radius 3 is 2.59 bits per heavy atom. The summed E-state index contributed by atoms with van der Waals surface area (Å²) in [6.45, 7) is 5.29. The highest BCUT2D eigenvalue weighted by atomic mass is 32.2. The van der Waals surface area contributed by atoms with Crippen LogP contribution in [0.1, 0.15) is 30.9 Å². The molecule has 1 saturated heterocycles. The number of anilines is 1. The normalized spacial score (nSPS) is 15.3. The monoisotopic (exact) mass is 573 g/mol. The molecule has 0 amide bonds. The topological polar surface area (TPSA) is 55.0 Å². The third-order valence-electron chi connectivity index (χ3n) is 6.88. The van der Waals surface area contributed by atoms with Crippen LogP contribution in [0.15, 0.2) is 95.4 Å². The zero-order valence-corrected chi connectivity index (χ0v) is 23.2. The molecule has 1 aromatic heterocycles. The first kappa shape index (κ1) is 26.9. The summed E-state index contributed by atoms with van der Waals surface area (Å²) in [5.41, 5.74) is 5.71. The van der Waals surface area contributed by atoms with E-state index in [0.717, 1.165) is 44.8 Å². The second-order valence-electron chi connectivity index (χ2n) is 9.91. The van der Waals surface area contributed by atoms with Crippen LogP contribution in [0.4, 0.5) is 18.9 Å². The number of hydrogen-bond donors (Lipinski definition) is 0. The fourth-order valence-corrected chi connectivity index (χ4v) is 5.90. The van der Waals surface area contributed by atoms with E-state index in [4.69, 9.17) is 0 Å². The number of imidazole rings is 1. The minimum absolute atomic E-state index is 0.268. The lowest BCUT2D eigenvalue weighted by Crippen LogP contribution is -2.24. The van der Waals surface area contributed by atoms with Gasteiger partial charge in [0, 0.05) is 29.1 Å². The average molecular weight is 574 g/mol. The number of halogens is 3. The van der Waals surface area contributed by atoms with E-state index in [1.54, 1.807) is 36.4 Å². The number of amidine groups is 1. The summed E-state index contributed by atoms with van der Waals surface area (Å²) < 4.78 is 43.3. The highest BCUT2D eigenvalue weighted by molar-refractivity contribution is 8.14. The van der Waals surface area contributed by atoms with Gasteiger partial charge in [0.15, 0.2) is 5.17 Å². The number of fused-ring (bicyclic) bond motifs is 3. The highest BCUT2D eigenvalue weighted by Crippen LogP contribution is 2.33. The van der Waals surface area contributed by atoms with Crippen LogP contribution >= 0.6 is 11.8 Å². The Morgan fingerprint density at radius 2 is 1.80 bits per heavy atom. The molecule has 0 bridgehead atoms. The molecule has 208 valence electrons. The van der Waals surface area contributed by atoms with Crippen LogP contribution in [0, 0.1) is 0 Å². The Kier molecular flexibility index (Phi) is 7.17. The fourth-order valence-electron chi connectivity index (χ4n) is 5.00. The van der Waals surface area contributed by atoms with Crippen molar-refractivity contribution in [2.45, 2.75) is 26.1 Å². The van der Waals surface area contributed by atoms with Crippen molar-refractivity contribution >= 4 is 50.6 Å². The predicted octanol–water partition coefficient (Wildman–Crippen LogP) is 8.14. The Morgan fingerprint density at radius 1 is 1.00 bits per heavy atom. The highest BCUT2D eigenvalue weighted by Gasteiger charge is 2.31. The number of alkyl halides is 3. The van der Waals surface area contributed by atoms with E-state index in [9.17, 15) is 13.2 Å². The third-order valence-corrected chi connectivity index (χ3v) is 7.83. The maximum absolute atomic E-state index is 12.5. The number of thioether (sulfide) groups is 1. The van der Waals surface area contributed by atoms with E-state index in [1.165, 1.54) is 23.4 Å². The van der Waals surface area contributed by atoms with Gasteiger partial charge in [-0.15, -0.1) is 18.3 Å². The molecule has 4 aromatic carbocycles. The molecule has 1 fully saturated rings. The molecule has 0 aliphatic carbocycles. The predicted molar refractivity (Wildman–Crippen MR) is 161 cm³/mol. The van der Waals surface area contributed by atoms with Crippen LogP contribution < -0.4 is 9.64 Å². The van der Waals surface area contributed by atoms with Crippen molar-refractivity contribution in [1.29, 1.82) is 0 Å². The van der Waals surface area contributed by atoms with Crippen molar-refractivity contribution in [1.82, 2.24) is 9.55 Å². The van der Waals surface area contributed by atoms with Crippen LogP contribution in [-0.4, -0.2) is 39.6 Å². The SMILES string of the molecule is CC(C)c1ccccc1N1CCS/C1=N\N=C\c1ccc2c(ccc3c2ncn3-c2ccc(OC(F)(F)F)cc2)c1. The number of hydrogen-bond acceptors (Lipinski definition) is 5. The first-order chi connectivity index (χ1) is 19.8. The summed E-state index contributed by atoms with van der Waals surface area (Å²) in [6.07, 6.45) is -1.31. The zero-order chi connectivity index (χ0) is 28.6. The van der Waals surface area contributed by atoms with Gasteiger partial charge in [-0.2, -0.15) is 5.10 Å². The Balaban J connectivity index is 1.24. The minimum atomic E-state index is -4.73. The Hall–Kier alpha value is -4.31. The van der Waals surface area contributed by atoms with E-state index in [-0.39, 0.29) is 5.75 Å². The second-order valence-corrected chi connectivity index (χ2v) is 11.0. The van der Waals surface area contributed by atoms with Crippen LogP contribution in [0.5, 0.6) is 5.75 Å². The van der Waals surface area contributed by atoms with Crippen LogP contribution in [-0.2, 0) is 0 Å². The molecule has 0 N–H and O–H groups in total. The van der Waals surface area contributed by atoms with Crippen molar-refractivity contribution in [3.8, 4) is 11.4 Å². The summed E-state index contributed by atoms with van der Waals surface area (Å²) in [5, 5.41) is 11.8. The average Bonchev–Trinajstić information content (AvgIpc) is 3.60. The van der Waals surface area contributed by atoms with Crippen molar-refractivity contribution in [3.05, 3.63) is 96.3 Å². The smallest absolute Gasteiger partial charge is 0.406 e. The largest absolute Gasteiger partial charge is 0.573 e. The van der Waals surface area contributed by atoms with Crippen LogP contribution in [0.2, 0.25) is 0 Å². The number of benzene rings is 4. The van der Waals surface area contributed by atoms with Gasteiger partial charge in [0.05, 0.1) is 17.2 Å². The van der Waals surface area contributed by atoms with Gasteiger partial charge in [0.2, 0.25) is 0 Å². The van der Waals surface area contributed by atoms with Crippen molar-refractivity contribution in [2.24, 2.45) is 10.2 Å². The van der Waals surface area contributed by atoms with Crippen LogP contribution in [0.3, 0.4) is 0 Å². The van der Waals surface area contributed by atoms with E-state index in [0.29, 0.717) is 11.6 Å². The lowest BCUT2D eigenvalue weighted by atomic mass is 10.0. The van der Waals surface area contributed by atoms with Gasteiger partial charge in [-0.3, -0.25) is 4.57 Å². The molecule has 10 heteroatoms. The van der Waals surface area contributed by atoms with Crippen molar-refractivity contribution in [2.75, 3.05) is 17.2 Å². The standard InChI is InChI=1S/C31H26F3N5OS/c1-20(2)25-5-3-4-6-27(25)38-15-16-41-30(38)37-36-18-21-7-13-26-22(17-21)8-14-28-29(26)35-19-39(28)23-9-11-24(12-10-23)40-31(32,33)34/h3-14,17-20H,15-16H2,1-2H3/b36-18+,37-30-. The molecule has 6 rings (SSSR count). The molecule has 0 saturated carbocycles. The second kappa shape index (κ2) is 10.9. The molecule has 1 aliphatic rings. The number of aromatic nitrogens is 2. The molecule has 5 aromatic rings. The number of rotatable bonds is 6. The van der Waals surface area contributed by atoms with Gasteiger partial charge in [0.1, 0.15) is 12.1 Å². The molecular weight excluding hydrogens is 547 g/mol. The fraction of sp³-hybridized carbons (Fsp3) is 0.194. The first-order valence-electron chi connectivity index (χ1n) is 13.1. The molecule has 0 atom stereocenters. The maximum atomic E-state index is 12.5. The summed E-state index contributed by atoms with van der Waals surface area (Å²) in [7, 11) is 0. The number of nitrogens with zero attached hydrogens (tertiary/aromatic N) is 5. The quantitative estimate of drug-likeness (QED) is 0.152. The summed E-state index contributed by atoms with van der Waals surface area (Å²) in [4.78, 5) is 6.83. The Bertz CT molecular complexity index is 1780.